The highest BCUT2D eigenvalue weighted by atomic mass is 32.1. The van der Waals surface area contributed by atoms with Gasteiger partial charge in [-0.15, -0.1) is 11.3 Å². The molecule has 5 heteroatoms. The molecule has 0 spiro atoms. The first-order valence-electron chi connectivity index (χ1n) is 5.82. The van der Waals surface area contributed by atoms with E-state index in [1.807, 2.05) is 5.38 Å². The van der Waals surface area contributed by atoms with Crippen LogP contribution in [0.2, 0.25) is 0 Å². The molecule has 1 heterocycles. The Bertz CT molecular complexity index is 595. The molecule has 1 aromatic carbocycles. The highest BCUT2D eigenvalue weighted by molar-refractivity contribution is 7.14. The van der Waals surface area contributed by atoms with E-state index in [-0.39, 0.29) is 5.56 Å². The van der Waals surface area contributed by atoms with E-state index in [0.717, 1.165) is 10.6 Å². The van der Waals surface area contributed by atoms with E-state index in [9.17, 15) is 8.78 Å². The molecule has 1 aromatic heterocycles. The predicted molar refractivity (Wildman–Crippen MR) is 74.7 cm³/mol. The van der Waals surface area contributed by atoms with Crippen LogP contribution in [0.4, 0.5) is 13.8 Å². The second kappa shape index (κ2) is 5.67. The zero-order valence-corrected chi connectivity index (χ0v) is 11.8. The summed E-state index contributed by atoms with van der Waals surface area (Å²) in [6, 6.07) is 3.19. The summed E-state index contributed by atoms with van der Waals surface area (Å²) < 4.78 is 32.8. The van der Waals surface area contributed by atoms with Crippen molar-refractivity contribution in [1.29, 1.82) is 0 Å². The van der Waals surface area contributed by atoms with Crippen molar-refractivity contribution in [2.24, 2.45) is 0 Å². The quantitative estimate of drug-likeness (QED) is 0.908. The molecular formula is C14H15F2NOS. The predicted octanol–water partition coefficient (Wildman–Crippen LogP) is 4.19. The maximum absolute atomic E-state index is 14.1. The number of halogens is 2. The summed E-state index contributed by atoms with van der Waals surface area (Å²) in [6.07, 6.45) is 0. The largest absolute Gasteiger partial charge is 0.380 e. The van der Waals surface area contributed by atoms with E-state index < -0.39 is 11.6 Å². The van der Waals surface area contributed by atoms with E-state index >= 15 is 0 Å². The Morgan fingerprint density at radius 1 is 1.21 bits per heavy atom. The SMILES string of the molecule is CNc1scc(-c2ccc(C)c(F)c2F)c1COC. The normalized spacial score (nSPS) is 10.8. The van der Waals surface area contributed by atoms with E-state index in [1.54, 1.807) is 33.2 Å². The minimum Gasteiger partial charge on any atom is -0.380 e. The molecule has 0 aliphatic carbocycles. The lowest BCUT2D eigenvalue weighted by Crippen LogP contribution is -1.97. The standard InChI is InChI=1S/C14H15F2NOS/c1-8-4-5-9(13(16)12(8)15)11-7-19-14(17-2)10(11)6-18-3/h4-5,7,17H,6H2,1-3H3. The van der Waals surface area contributed by atoms with E-state index in [1.165, 1.54) is 11.3 Å². The second-order valence-electron chi connectivity index (χ2n) is 4.20. The van der Waals surface area contributed by atoms with Crippen molar-refractivity contribution in [2.45, 2.75) is 13.5 Å². The number of hydrogen-bond donors (Lipinski definition) is 1. The maximum atomic E-state index is 14.1. The third-order valence-electron chi connectivity index (χ3n) is 2.98. The van der Waals surface area contributed by atoms with Crippen LogP contribution in [0, 0.1) is 18.6 Å². The van der Waals surface area contributed by atoms with E-state index in [2.05, 4.69) is 5.32 Å². The Balaban J connectivity index is 2.59. The van der Waals surface area contributed by atoms with Gasteiger partial charge in [-0.25, -0.2) is 8.78 Å². The van der Waals surface area contributed by atoms with Crippen LogP contribution in [0.15, 0.2) is 17.5 Å². The van der Waals surface area contributed by atoms with Crippen molar-refractivity contribution in [1.82, 2.24) is 0 Å². The molecule has 0 unspecified atom stereocenters. The van der Waals surface area contributed by atoms with Crippen LogP contribution in [0.25, 0.3) is 11.1 Å². The average molecular weight is 283 g/mol. The van der Waals surface area contributed by atoms with Crippen molar-refractivity contribution in [2.75, 3.05) is 19.5 Å². The molecule has 0 amide bonds. The van der Waals surface area contributed by atoms with Crippen LogP contribution in [0.5, 0.6) is 0 Å². The Hall–Kier alpha value is -1.46. The topological polar surface area (TPSA) is 21.3 Å². The van der Waals surface area contributed by atoms with Gasteiger partial charge in [0, 0.05) is 36.2 Å². The zero-order chi connectivity index (χ0) is 14.0. The van der Waals surface area contributed by atoms with Gasteiger partial charge < -0.3 is 10.1 Å². The van der Waals surface area contributed by atoms with Gasteiger partial charge in [0.2, 0.25) is 0 Å². The maximum Gasteiger partial charge on any atom is 0.166 e. The van der Waals surface area contributed by atoms with Crippen LogP contribution in [0.1, 0.15) is 11.1 Å². The van der Waals surface area contributed by atoms with Crippen LogP contribution in [-0.4, -0.2) is 14.2 Å². The second-order valence-corrected chi connectivity index (χ2v) is 5.08. The van der Waals surface area contributed by atoms with Gasteiger partial charge >= 0.3 is 0 Å². The summed E-state index contributed by atoms with van der Waals surface area (Å²) in [5.41, 5.74) is 2.09. The molecule has 0 fully saturated rings. The average Bonchev–Trinajstić information content (AvgIpc) is 2.80. The Labute approximate surface area is 115 Å². The minimum atomic E-state index is -0.808. The summed E-state index contributed by atoms with van der Waals surface area (Å²) in [4.78, 5) is 0. The van der Waals surface area contributed by atoms with Crippen molar-refractivity contribution >= 4 is 16.3 Å². The van der Waals surface area contributed by atoms with Crippen molar-refractivity contribution < 1.29 is 13.5 Å². The molecule has 19 heavy (non-hydrogen) atoms. The van der Waals surface area contributed by atoms with Gasteiger partial charge in [-0.05, 0) is 12.5 Å². The molecule has 2 nitrogen and oxygen atoms in total. The molecule has 102 valence electrons. The van der Waals surface area contributed by atoms with Crippen molar-refractivity contribution in [3.63, 3.8) is 0 Å². The molecule has 1 N–H and O–H groups in total. The first kappa shape index (κ1) is 14.0. The molecule has 2 aromatic rings. The lowest BCUT2D eigenvalue weighted by atomic mass is 10.0. The number of rotatable bonds is 4. The van der Waals surface area contributed by atoms with Crippen LogP contribution < -0.4 is 5.32 Å². The van der Waals surface area contributed by atoms with Gasteiger partial charge in [-0.2, -0.15) is 0 Å². The van der Waals surface area contributed by atoms with Gasteiger partial charge in [-0.1, -0.05) is 12.1 Å². The monoisotopic (exact) mass is 283 g/mol. The Morgan fingerprint density at radius 2 is 1.95 bits per heavy atom. The summed E-state index contributed by atoms with van der Waals surface area (Å²) in [6.45, 7) is 1.90. The smallest absolute Gasteiger partial charge is 0.166 e. The number of thiophene rings is 1. The summed E-state index contributed by atoms with van der Waals surface area (Å²) >= 11 is 1.45. The lowest BCUT2D eigenvalue weighted by Gasteiger charge is -2.09. The van der Waals surface area contributed by atoms with Crippen LogP contribution in [-0.2, 0) is 11.3 Å². The molecule has 0 saturated carbocycles. The van der Waals surface area contributed by atoms with Gasteiger partial charge in [-0.3, -0.25) is 0 Å². The molecule has 0 aliphatic rings. The number of ether oxygens (including phenoxy) is 1. The molecular weight excluding hydrogens is 268 g/mol. The molecule has 2 rings (SSSR count). The van der Waals surface area contributed by atoms with Crippen LogP contribution in [0.3, 0.4) is 0 Å². The summed E-state index contributed by atoms with van der Waals surface area (Å²) in [5, 5.41) is 5.75. The number of methoxy groups -OCH3 is 1. The molecule has 0 radical (unpaired) electrons. The number of anilines is 1. The molecule has 0 saturated heterocycles. The van der Waals surface area contributed by atoms with E-state index in [4.69, 9.17) is 4.74 Å². The number of aryl methyl sites for hydroxylation is 1. The summed E-state index contributed by atoms with van der Waals surface area (Å²) in [5.74, 6) is -1.60. The first-order chi connectivity index (χ1) is 9.10. The van der Waals surface area contributed by atoms with E-state index in [0.29, 0.717) is 17.7 Å². The number of benzene rings is 1. The third-order valence-corrected chi connectivity index (χ3v) is 4.01. The van der Waals surface area contributed by atoms with Gasteiger partial charge in [0.25, 0.3) is 0 Å². The fourth-order valence-corrected chi connectivity index (χ4v) is 2.89. The lowest BCUT2D eigenvalue weighted by molar-refractivity contribution is 0.186. The highest BCUT2D eigenvalue weighted by Gasteiger charge is 2.18. The van der Waals surface area contributed by atoms with Crippen molar-refractivity contribution in [3.8, 4) is 11.1 Å². The van der Waals surface area contributed by atoms with Gasteiger partial charge in [0.15, 0.2) is 11.6 Å². The molecule has 0 aliphatic heterocycles. The minimum absolute atomic E-state index is 0.271. The third kappa shape index (κ3) is 2.48. The summed E-state index contributed by atoms with van der Waals surface area (Å²) in [7, 11) is 3.37. The van der Waals surface area contributed by atoms with Crippen molar-refractivity contribution in [3.05, 3.63) is 40.3 Å². The van der Waals surface area contributed by atoms with Gasteiger partial charge in [0.05, 0.1) is 11.6 Å². The molecule has 0 atom stereocenters. The zero-order valence-electron chi connectivity index (χ0n) is 11.0. The number of nitrogens with one attached hydrogen (secondary N) is 1. The Kier molecular flexibility index (Phi) is 4.17. The number of hydrogen-bond acceptors (Lipinski definition) is 3. The van der Waals surface area contributed by atoms with Gasteiger partial charge in [0.1, 0.15) is 0 Å². The molecule has 0 bridgehead atoms. The van der Waals surface area contributed by atoms with Crippen LogP contribution >= 0.6 is 11.3 Å². The Morgan fingerprint density at radius 3 is 2.58 bits per heavy atom. The fraction of sp³-hybridized carbons (Fsp3) is 0.286. The first-order valence-corrected chi connectivity index (χ1v) is 6.70. The fourth-order valence-electron chi connectivity index (χ4n) is 1.96. The highest BCUT2D eigenvalue weighted by Crippen LogP contribution is 2.37.